The summed E-state index contributed by atoms with van der Waals surface area (Å²) in [4.78, 5) is 2.47. The van der Waals surface area contributed by atoms with E-state index < -0.39 is 0 Å². The van der Waals surface area contributed by atoms with Crippen molar-refractivity contribution in [1.29, 1.82) is 0 Å². The molecule has 0 radical (unpaired) electrons. The molecule has 1 saturated heterocycles. The van der Waals surface area contributed by atoms with Crippen LogP contribution in [-0.4, -0.2) is 37.3 Å². The summed E-state index contributed by atoms with van der Waals surface area (Å²) >= 11 is 0. The zero-order valence-electron chi connectivity index (χ0n) is 9.21. The van der Waals surface area contributed by atoms with Crippen LogP contribution in [0.25, 0.3) is 0 Å². The molecule has 78 valence electrons. The van der Waals surface area contributed by atoms with Crippen LogP contribution in [0.2, 0.25) is 0 Å². The molecule has 1 aliphatic carbocycles. The number of hydrogen-bond acceptors (Lipinski definition) is 2. The van der Waals surface area contributed by atoms with Crippen molar-refractivity contribution in [2.45, 2.75) is 32.6 Å². The number of likely N-dealkylation sites (tertiary alicyclic amines) is 1. The van der Waals surface area contributed by atoms with E-state index in [2.05, 4.69) is 18.9 Å². The summed E-state index contributed by atoms with van der Waals surface area (Å²) in [5, 5.41) is 7.00. The highest BCUT2D eigenvalue weighted by Crippen LogP contribution is 2.51. The van der Waals surface area contributed by atoms with Crippen molar-refractivity contribution in [2.75, 3.05) is 27.2 Å². The van der Waals surface area contributed by atoms with Crippen LogP contribution in [0.1, 0.15) is 32.6 Å². The molecule has 0 bridgehead atoms. The van der Waals surface area contributed by atoms with Gasteiger partial charge in [-0.1, -0.05) is 6.92 Å². The largest absolute Gasteiger partial charge is 0.400 e. The Morgan fingerprint density at radius 2 is 1.62 bits per heavy atom. The molecule has 1 N–H and O–H groups in total. The van der Waals surface area contributed by atoms with Gasteiger partial charge in [-0.15, -0.1) is 0 Å². The van der Waals surface area contributed by atoms with Crippen LogP contribution in [0.4, 0.5) is 0 Å². The summed E-state index contributed by atoms with van der Waals surface area (Å²) in [5.74, 6) is 1.03. The second kappa shape index (κ2) is 4.43. The highest BCUT2D eigenvalue weighted by Gasteiger charge is 2.42. The standard InChI is InChI=1S/C10H19N.CH4O/c1-9-7-10(8-9)3-5-11(2)6-4-10;1-2/h9H,3-8H2,1-2H3;2H,1H3. The maximum Gasteiger partial charge on any atom is 0.0319 e. The van der Waals surface area contributed by atoms with Crippen LogP contribution in [0.15, 0.2) is 0 Å². The van der Waals surface area contributed by atoms with Crippen LogP contribution in [0.5, 0.6) is 0 Å². The first kappa shape index (κ1) is 11.0. The lowest BCUT2D eigenvalue weighted by atomic mass is 9.58. The van der Waals surface area contributed by atoms with Gasteiger partial charge < -0.3 is 10.0 Å². The molecular formula is C11H23NO. The zero-order valence-corrected chi connectivity index (χ0v) is 9.21. The van der Waals surface area contributed by atoms with E-state index >= 15 is 0 Å². The molecule has 2 aliphatic rings. The average molecular weight is 185 g/mol. The first-order valence-electron chi connectivity index (χ1n) is 5.33. The van der Waals surface area contributed by atoms with Gasteiger partial charge in [-0.05, 0) is 57.2 Å². The van der Waals surface area contributed by atoms with Gasteiger partial charge in [0, 0.05) is 7.11 Å². The molecule has 0 atom stereocenters. The summed E-state index contributed by atoms with van der Waals surface area (Å²) in [5.41, 5.74) is 0.811. The average Bonchev–Trinajstić information content (AvgIpc) is 2.11. The summed E-state index contributed by atoms with van der Waals surface area (Å²) < 4.78 is 0. The van der Waals surface area contributed by atoms with Crippen molar-refractivity contribution in [3.05, 3.63) is 0 Å². The maximum absolute atomic E-state index is 7.00. The summed E-state index contributed by atoms with van der Waals surface area (Å²) in [6.45, 7) is 5.07. The Morgan fingerprint density at radius 1 is 1.15 bits per heavy atom. The van der Waals surface area contributed by atoms with Crippen LogP contribution in [0, 0.1) is 11.3 Å². The molecule has 1 aliphatic heterocycles. The fourth-order valence-corrected chi connectivity index (χ4v) is 2.92. The number of hydrogen-bond donors (Lipinski definition) is 1. The Hall–Kier alpha value is -0.0800. The van der Waals surface area contributed by atoms with Crippen molar-refractivity contribution in [2.24, 2.45) is 11.3 Å². The van der Waals surface area contributed by atoms with E-state index in [1.54, 1.807) is 0 Å². The molecule has 13 heavy (non-hydrogen) atoms. The lowest BCUT2D eigenvalue weighted by molar-refractivity contribution is 0.000967. The van der Waals surface area contributed by atoms with E-state index in [0.717, 1.165) is 18.4 Å². The van der Waals surface area contributed by atoms with E-state index in [0.29, 0.717) is 0 Å². The lowest BCUT2D eigenvalue weighted by Gasteiger charge is -2.51. The smallest absolute Gasteiger partial charge is 0.0319 e. The minimum absolute atomic E-state index is 0.811. The number of aliphatic hydroxyl groups excluding tert-OH is 1. The molecule has 0 aromatic rings. The molecule has 0 amide bonds. The molecule has 0 unspecified atom stereocenters. The Bertz CT molecular complexity index is 142. The summed E-state index contributed by atoms with van der Waals surface area (Å²) in [6.07, 6.45) is 5.96. The van der Waals surface area contributed by atoms with Gasteiger partial charge in [-0.2, -0.15) is 0 Å². The van der Waals surface area contributed by atoms with E-state index in [4.69, 9.17) is 5.11 Å². The van der Waals surface area contributed by atoms with Gasteiger partial charge in [-0.3, -0.25) is 0 Å². The Kier molecular flexibility index (Phi) is 3.74. The topological polar surface area (TPSA) is 23.5 Å². The quantitative estimate of drug-likeness (QED) is 0.621. The normalized spacial score (nSPS) is 27.7. The Labute approximate surface area is 81.9 Å². The van der Waals surface area contributed by atoms with Crippen molar-refractivity contribution >= 4 is 0 Å². The maximum atomic E-state index is 7.00. The number of aliphatic hydroxyl groups is 1. The van der Waals surface area contributed by atoms with Gasteiger partial charge in [0.15, 0.2) is 0 Å². The molecule has 0 aromatic heterocycles. The van der Waals surface area contributed by atoms with E-state index in [9.17, 15) is 0 Å². The summed E-state index contributed by atoms with van der Waals surface area (Å²) in [7, 11) is 3.24. The molecule has 1 saturated carbocycles. The number of nitrogens with zero attached hydrogens (tertiary/aromatic N) is 1. The third-order valence-corrected chi connectivity index (χ3v) is 3.61. The van der Waals surface area contributed by atoms with E-state index in [1.807, 2.05) is 0 Å². The molecule has 2 heteroatoms. The van der Waals surface area contributed by atoms with Gasteiger partial charge in [0.05, 0.1) is 0 Å². The molecule has 2 nitrogen and oxygen atoms in total. The first-order valence-corrected chi connectivity index (χ1v) is 5.33. The van der Waals surface area contributed by atoms with Crippen molar-refractivity contribution < 1.29 is 5.11 Å². The predicted octanol–water partition coefficient (Wildman–Crippen LogP) is 1.74. The monoisotopic (exact) mass is 185 g/mol. The minimum Gasteiger partial charge on any atom is -0.400 e. The van der Waals surface area contributed by atoms with Crippen molar-refractivity contribution in [3.8, 4) is 0 Å². The van der Waals surface area contributed by atoms with Crippen LogP contribution >= 0.6 is 0 Å². The highest BCUT2D eigenvalue weighted by atomic mass is 16.2. The summed E-state index contributed by atoms with van der Waals surface area (Å²) in [6, 6.07) is 0. The molecule has 0 aromatic carbocycles. The number of rotatable bonds is 0. The highest BCUT2D eigenvalue weighted by molar-refractivity contribution is 4.94. The fourth-order valence-electron chi connectivity index (χ4n) is 2.92. The van der Waals surface area contributed by atoms with Crippen LogP contribution in [0.3, 0.4) is 0 Å². The Balaban J connectivity index is 0.000000396. The van der Waals surface area contributed by atoms with Gasteiger partial charge >= 0.3 is 0 Å². The van der Waals surface area contributed by atoms with E-state index in [1.165, 1.54) is 38.8 Å². The SMILES string of the molecule is CC1CC2(CCN(C)CC2)C1.CO. The van der Waals surface area contributed by atoms with Gasteiger partial charge in [0.25, 0.3) is 0 Å². The number of piperidine rings is 1. The molecule has 2 fully saturated rings. The van der Waals surface area contributed by atoms with Crippen LogP contribution in [-0.2, 0) is 0 Å². The van der Waals surface area contributed by atoms with E-state index in [-0.39, 0.29) is 0 Å². The lowest BCUT2D eigenvalue weighted by Crippen LogP contribution is -2.45. The van der Waals surface area contributed by atoms with Gasteiger partial charge in [0.2, 0.25) is 0 Å². The molecule has 1 heterocycles. The second-order valence-corrected chi connectivity index (χ2v) is 4.82. The minimum atomic E-state index is 0.811. The molecular weight excluding hydrogens is 162 g/mol. The second-order valence-electron chi connectivity index (χ2n) is 4.82. The van der Waals surface area contributed by atoms with Gasteiger partial charge in [-0.25, -0.2) is 0 Å². The predicted molar refractivity (Wildman–Crippen MR) is 55.7 cm³/mol. The molecule has 1 spiro atoms. The van der Waals surface area contributed by atoms with Crippen LogP contribution < -0.4 is 0 Å². The third kappa shape index (κ3) is 2.44. The fraction of sp³-hybridized carbons (Fsp3) is 1.00. The first-order chi connectivity index (χ1) is 6.20. The Morgan fingerprint density at radius 3 is 2.00 bits per heavy atom. The third-order valence-electron chi connectivity index (χ3n) is 3.61. The van der Waals surface area contributed by atoms with Gasteiger partial charge in [0.1, 0.15) is 0 Å². The van der Waals surface area contributed by atoms with Crippen molar-refractivity contribution in [1.82, 2.24) is 4.90 Å². The zero-order chi connectivity index (χ0) is 9.90. The molecule has 2 rings (SSSR count). The van der Waals surface area contributed by atoms with Crippen molar-refractivity contribution in [3.63, 3.8) is 0 Å².